The van der Waals surface area contributed by atoms with E-state index in [1.165, 1.54) is 6.07 Å². The number of nitrogens with zero attached hydrogens (tertiary/aromatic N) is 1. The molecule has 1 unspecified atom stereocenters. The molecule has 2 heterocycles. The van der Waals surface area contributed by atoms with Crippen LogP contribution in [0.3, 0.4) is 0 Å². The SMILES string of the molecule is COc1cccc(CC2CCCN2C(=O)COc2ccc3ccc(=O)oc3c2)c1. The van der Waals surface area contributed by atoms with Crippen molar-refractivity contribution in [1.29, 1.82) is 0 Å². The maximum absolute atomic E-state index is 12.8. The zero-order chi connectivity index (χ0) is 20.2. The van der Waals surface area contributed by atoms with E-state index < -0.39 is 5.63 Å². The Morgan fingerprint density at radius 1 is 1.14 bits per heavy atom. The monoisotopic (exact) mass is 393 g/mol. The third kappa shape index (κ3) is 4.42. The largest absolute Gasteiger partial charge is 0.497 e. The Morgan fingerprint density at radius 2 is 2.00 bits per heavy atom. The first-order valence-electron chi connectivity index (χ1n) is 9.71. The summed E-state index contributed by atoms with van der Waals surface area (Å²) in [6.45, 7) is 0.695. The molecule has 2 aromatic carbocycles. The molecule has 1 aromatic heterocycles. The minimum absolute atomic E-state index is 0.0370. The summed E-state index contributed by atoms with van der Waals surface area (Å²) in [4.78, 5) is 26.1. The molecule has 1 fully saturated rings. The zero-order valence-corrected chi connectivity index (χ0v) is 16.3. The quantitative estimate of drug-likeness (QED) is 0.601. The predicted octanol–water partition coefficient (Wildman–Crippen LogP) is 3.41. The molecule has 1 aliphatic heterocycles. The molecule has 29 heavy (non-hydrogen) atoms. The van der Waals surface area contributed by atoms with E-state index in [1.54, 1.807) is 31.4 Å². The fourth-order valence-electron chi connectivity index (χ4n) is 3.81. The lowest BCUT2D eigenvalue weighted by Crippen LogP contribution is -2.39. The Labute approximate surface area is 168 Å². The minimum atomic E-state index is -0.414. The summed E-state index contributed by atoms with van der Waals surface area (Å²) in [6, 6.07) is 16.4. The minimum Gasteiger partial charge on any atom is -0.497 e. The van der Waals surface area contributed by atoms with Crippen molar-refractivity contribution in [2.45, 2.75) is 25.3 Å². The molecule has 3 aromatic rings. The van der Waals surface area contributed by atoms with Gasteiger partial charge in [0.15, 0.2) is 6.61 Å². The van der Waals surface area contributed by atoms with Crippen LogP contribution in [0.1, 0.15) is 18.4 Å². The normalized spacial score (nSPS) is 16.2. The Kier molecular flexibility index (Phi) is 5.51. The second-order valence-corrected chi connectivity index (χ2v) is 7.18. The van der Waals surface area contributed by atoms with Gasteiger partial charge in [-0.2, -0.15) is 0 Å². The summed E-state index contributed by atoms with van der Waals surface area (Å²) in [5.41, 5.74) is 1.18. The Balaban J connectivity index is 1.40. The molecule has 1 aliphatic rings. The van der Waals surface area contributed by atoms with Gasteiger partial charge in [-0.3, -0.25) is 4.79 Å². The molecule has 6 nitrogen and oxygen atoms in total. The lowest BCUT2D eigenvalue weighted by molar-refractivity contribution is -0.134. The van der Waals surface area contributed by atoms with Crippen LogP contribution in [0, 0.1) is 0 Å². The molecule has 0 bridgehead atoms. The average Bonchev–Trinajstić information content (AvgIpc) is 3.20. The first-order chi connectivity index (χ1) is 14.1. The van der Waals surface area contributed by atoms with Crippen LogP contribution in [-0.2, 0) is 11.2 Å². The summed E-state index contributed by atoms with van der Waals surface area (Å²) >= 11 is 0. The molecule has 4 rings (SSSR count). The first-order valence-corrected chi connectivity index (χ1v) is 9.71. The van der Waals surface area contributed by atoms with E-state index in [2.05, 4.69) is 6.07 Å². The number of amides is 1. The lowest BCUT2D eigenvalue weighted by Gasteiger charge is -2.25. The lowest BCUT2D eigenvalue weighted by atomic mass is 10.0. The fourth-order valence-corrected chi connectivity index (χ4v) is 3.81. The number of methoxy groups -OCH3 is 1. The fraction of sp³-hybridized carbons (Fsp3) is 0.304. The number of hydrogen-bond acceptors (Lipinski definition) is 5. The summed E-state index contributed by atoms with van der Waals surface area (Å²) in [5.74, 6) is 1.29. The van der Waals surface area contributed by atoms with Crippen molar-refractivity contribution in [3.8, 4) is 11.5 Å². The molecule has 1 saturated heterocycles. The maximum atomic E-state index is 12.8. The standard InChI is InChI=1S/C23H23NO5/c1-27-19-6-2-4-16(13-19)12-18-5-3-11-24(18)22(25)15-28-20-9-7-17-8-10-23(26)29-21(17)14-20/h2,4,6-10,13-14,18H,3,5,11-12,15H2,1H3. The van der Waals surface area contributed by atoms with Gasteiger partial charge in [-0.05, 0) is 55.2 Å². The first kappa shape index (κ1) is 19.1. The molecule has 1 atom stereocenters. The molecule has 150 valence electrons. The van der Waals surface area contributed by atoms with Crippen LogP contribution in [0.15, 0.2) is 63.8 Å². The van der Waals surface area contributed by atoms with Crippen LogP contribution >= 0.6 is 0 Å². The van der Waals surface area contributed by atoms with Crippen LogP contribution < -0.4 is 15.1 Å². The highest BCUT2D eigenvalue weighted by Gasteiger charge is 2.29. The second kappa shape index (κ2) is 8.39. The topological polar surface area (TPSA) is 69.0 Å². The van der Waals surface area contributed by atoms with Crippen molar-refractivity contribution in [3.05, 3.63) is 70.6 Å². The average molecular weight is 393 g/mol. The van der Waals surface area contributed by atoms with Crippen LogP contribution in [0.4, 0.5) is 0 Å². The highest BCUT2D eigenvalue weighted by atomic mass is 16.5. The molecule has 0 aliphatic carbocycles. The number of carbonyl (C=O) groups is 1. The van der Waals surface area contributed by atoms with Crippen molar-refractivity contribution in [3.63, 3.8) is 0 Å². The van der Waals surface area contributed by atoms with Gasteiger partial charge in [-0.1, -0.05) is 12.1 Å². The molecular formula is C23H23NO5. The number of ether oxygens (including phenoxy) is 2. The van der Waals surface area contributed by atoms with E-state index in [-0.39, 0.29) is 18.6 Å². The van der Waals surface area contributed by atoms with E-state index in [0.29, 0.717) is 11.3 Å². The van der Waals surface area contributed by atoms with E-state index in [9.17, 15) is 9.59 Å². The molecule has 0 saturated carbocycles. The highest BCUT2D eigenvalue weighted by molar-refractivity contribution is 5.80. The Morgan fingerprint density at radius 3 is 2.86 bits per heavy atom. The molecule has 0 spiro atoms. The van der Waals surface area contributed by atoms with E-state index >= 15 is 0 Å². The molecule has 6 heteroatoms. The summed E-state index contributed by atoms with van der Waals surface area (Å²) in [5, 5.41) is 0.807. The number of likely N-dealkylation sites (tertiary alicyclic amines) is 1. The van der Waals surface area contributed by atoms with Gasteiger partial charge in [0.2, 0.25) is 0 Å². The summed E-state index contributed by atoms with van der Waals surface area (Å²) in [6.07, 6.45) is 2.76. The zero-order valence-electron chi connectivity index (χ0n) is 16.3. The van der Waals surface area contributed by atoms with Crippen LogP contribution in [-0.4, -0.2) is 37.1 Å². The number of carbonyl (C=O) groups excluding carboxylic acids is 1. The van der Waals surface area contributed by atoms with Crippen molar-refractivity contribution in [2.75, 3.05) is 20.3 Å². The highest BCUT2D eigenvalue weighted by Crippen LogP contribution is 2.24. The van der Waals surface area contributed by atoms with Gasteiger partial charge >= 0.3 is 5.63 Å². The van der Waals surface area contributed by atoms with Gasteiger partial charge in [0.1, 0.15) is 17.1 Å². The van der Waals surface area contributed by atoms with Crippen molar-refractivity contribution in [2.24, 2.45) is 0 Å². The Bertz CT molecular complexity index is 1070. The number of rotatable bonds is 6. The van der Waals surface area contributed by atoms with Gasteiger partial charge in [-0.15, -0.1) is 0 Å². The maximum Gasteiger partial charge on any atom is 0.336 e. The molecule has 0 N–H and O–H groups in total. The summed E-state index contributed by atoms with van der Waals surface area (Å²) < 4.78 is 16.2. The Hall–Kier alpha value is -3.28. The second-order valence-electron chi connectivity index (χ2n) is 7.18. The molecule has 0 radical (unpaired) electrons. The summed E-state index contributed by atoms with van der Waals surface area (Å²) in [7, 11) is 1.65. The van der Waals surface area contributed by atoms with Crippen LogP contribution in [0.25, 0.3) is 11.0 Å². The van der Waals surface area contributed by atoms with E-state index in [0.717, 1.165) is 42.5 Å². The number of hydrogen-bond donors (Lipinski definition) is 0. The van der Waals surface area contributed by atoms with Gasteiger partial charge in [0, 0.05) is 30.1 Å². The smallest absolute Gasteiger partial charge is 0.336 e. The van der Waals surface area contributed by atoms with E-state index in [1.807, 2.05) is 23.1 Å². The molecular weight excluding hydrogens is 370 g/mol. The third-order valence-corrected chi connectivity index (χ3v) is 5.26. The molecule has 1 amide bonds. The van der Waals surface area contributed by atoms with Crippen molar-refractivity contribution >= 4 is 16.9 Å². The number of benzene rings is 2. The predicted molar refractivity (Wildman–Crippen MR) is 109 cm³/mol. The van der Waals surface area contributed by atoms with Crippen molar-refractivity contribution < 1.29 is 18.7 Å². The number of fused-ring (bicyclic) bond motifs is 1. The van der Waals surface area contributed by atoms with Gasteiger partial charge in [0.05, 0.1) is 7.11 Å². The van der Waals surface area contributed by atoms with Gasteiger partial charge in [0.25, 0.3) is 5.91 Å². The van der Waals surface area contributed by atoms with Crippen LogP contribution in [0.2, 0.25) is 0 Å². The van der Waals surface area contributed by atoms with Gasteiger partial charge in [-0.25, -0.2) is 4.79 Å². The van der Waals surface area contributed by atoms with Crippen LogP contribution in [0.5, 0.6) is 11.5 Å². The van der Waals surface area contributed by atoms with E-state index in [4.69, 9.17) is 13.9 Å². The van der Waals surface area contributed by atoms with Gasteiger partial charge < -0.3 is 18.8 Å². The van der Waals surface area contributed by atoms with Crippen molar-refractivity contribution in [1.82, 2.24) is 4.90 Å². The third-order valence-electron chi connectivity index (χ3n) is 5.26.